The van der Waals surface area contributed by atoms with E-state index in [1.165, 1.54) is 0 Å². The predicted octanol–water partition coefficient (Wildman–Crippen LogP) is 3.91. The molecule has 0 radical (unpaired) electrons. The minimum atomic E-state index is -5.29. The van der Waals surface area contributed by atoms with Crippen molar-refractivity contribution in [2.75, 3.05) is 13.7 Å². The predicted molar refractivity (Wildman–Crippen MR) is 97.9 cm³/mol. The molecule has 5 nitrogen and oxygen atoms in total. The van der Waals surface area contributed by atoms with Gasteiger partial charge in [-0.2, -0.15) is 0 Å². The fraction of sp³-hybridized carbons (Fsp3) is 0.263. The summed E-state index contributed by atoms with van der Waals surface area (Å²) < 4.78 is 47.5. The Morgan fingerprint density at radius 1 is 1.04 bits per heavy atom. The molecule has 0 heterocycles. The second kappa shape index (κ2) is 7.96. The molecule has 0 spiro atoms. The molecule has 0 saturated heterocycles. The van der Waals surface area contributed by atoms with Crippen LogP contribution in [0.2, 0.25) is 6.32 Å². The van der Waals surface area contributed by atoms with Crippen molar-refractivity contribution in [1.29, 1.82) is 0 Å². The van der Waals surface area contributed by atoms with Crippen molar-refractivity contribution >= 4 is 19.0 Å². The summed E-state index contributed by atoms with van der Waals surface area (Å²) in [6.45, 7) is -5.35. The molecule has 0 aliphatic heterocycles. The van der Waals surface area contributed by atoms with Gasteiger partial charge >= 0.3 is 19.0 Å². The largest absolute Gasteiger partial charge is 0.480 e. The first kappa shape index (κ1) is 19.8. The van der Waals surface area contributed by atoms with Crippen molar-refractivity contribution in [3.05, 3.63) is 59.7 Å². The van der Waals surface area contributed by atoms with Gasteiger partial charge in [-0.05, 0) is 22.3 Å². The summed E-state index contributed by atoms with van der Waals surface area (Å²) in [5, 5.41) is 1.96. The lowest BCUT2D eigenvalue weighted by atomic mass is 9.81. The van der Waals surface area contributed by atoms with Crippen LogP contribution < -0.4 is 5.32 Å². The summed E-state index contributed by atoms with van der Waals surface area (Å²) >= 11 is 0. The van der Waals surface area contributed by atoms with Crippen LogP contribution in [0.3, 0.4) is 0 Å². The number of ether oxygens (including phenoxy) is 2. The van der Waals surface area contributed by atoms with E-state index >= 15 is 0 Å². The minimum Gasteiger partial charge on any atom is -0.468 e. The molecule has 1 amide bonds. The monoisotopic (exact) mass is 392 g/mol. The number of fused-ring (bicyclic) bond motifs is 3. The Morgan fingerprint density at radius 3 is 2.07 bits per heavy atom. The summed E-state index contributed by atoms with van der Waals surface area (Å²) in [6, 6.07) is 13.5. The van der Waals surface area contributed by atoms with Crippen molar-refractivity contribution in [2.24, 2.45) is 0 Å². The maximum atomic E-state index is 12.7. The third-order valence-electron chi connectivity index (χ3n) is 4.62. The van der Waals surface area contributed by atoms with Crippen molar-refractivity contribution in [3.63, 3.8) is 0 Å². The fourth-order valence-electron chi connectivity index (χ4n) is 3.41. The van der Waals surface area contributed by atoms with E-state index < -0.39 is 31.4 Å². The van der Waals surface area contributed by atoms with Gasteiger partial charge in [-0.3, -0.25) is 0 Å². The number of halogens is 3. The zero-order valence-electron chi connectivity index (χ0n) is 15.0. The van der Waals surface area contributed by atoms with Crippen molar-refractivity contribution in [2.45, 2.75) is 18.3 Å². The third-order valence-corrected chi connectivity index (χ3v) is 4.62. The van der Waals surface area contributed by atoms with Crippen molar-refractivity contribution in [3.8, 4) is 11.1 Å². The molecule has 1 unspecified atom stereocenters. The summed E-state index contributed by atoms with van der Waals surface area (Å²) in [7, 11) is 0.956. The van der Waals surface area contributed by atoms with E-state index in [2.05, 4.69) is 4.74 Å². The molecule has 148 valence electrons. The Morgan fingerprint density at radius 2 is 1.57 bits per heavy atom. The Kier molecular flexibility index (Phi) is 5.62. The van der Waals surface area contributed by atoms with E-state index in [4.69, 9.17) is 4.74 Å². The zero-order chi connectivity index (χ0) is 20.3. The van der Waals surface area contributed by atoms with Gasteiger partial charge in [-0.25, -0.2) is 9.59 Å². The first-order valence-electron chi connectivity index (χ1n) is 8.70. The number of benzene rings is 2. The zero-order valence-corrected chi connectivity index (χ0v) is 15.0. The smallest absolute Gasteiger partial charge is 0.468 e. The fourth-order valence-corrected chi connectivity index (χ4v) is 3.41. The molecule has 1 N–H and O–H groups in total. The quantitative estimate of drug-likeness (QED) is 0.598. The van der Waals surface area contributed by atoms with Crippen LogP contribution in [0, 0.1) is 0 Å². The van der Waals surface area contributed by atoms with Crippen molar-refractivity contribution in [1.82, 2.24) is 5.32 Å². The molecule has 0 aromatic heterocycles. The molecule has 0 bridgehead atoms. The highest BCUT2D eigenvalue weighted by atomic mass is 19.4. The lowest BCUT2D eigenvalue weighted by molar-refractivity contribution is -0.142. The van der Waals surface area contributed by atoms with Gasteiger partial charge in [0.2, 0.25) is 0 Å². The van der Waals surface area contributed by atoms with Crippen LogP contribution in [0.1, 0.15) is 17.0 Å². The van der Waals surface area contributed by atoms with Crippen LogP contribution >= 0.6 is 0 Å². The molecule has 1 aliphatic rings. The second-order valence-electron chi connectivity index (χ2n) is 6.49. The number of rotatable bonds is 6. The van der Waals surface area contributed by atoms with Crippen LogP contribution in [0.4, 0.5) is 17.7 Å². The van der Waals surface area contributed by atoms with Gasteiger partial charge in [0.05, 0.1) is 7.11 Å². The number of hydrogen-bond acceptors (Lipinski definition) is 4. The number of alkyl carbamates (subject to hydrolysis) is 1. The summed E-state index contributed by atoms with van der Waals surface area (Å²) in [4.78, 5) is 23.6. The van der Waals surface area contributed by atoms with E-state index in [-0.39, 0.29) is 12.5 Å². The highest BCUT2D eigenvalue weighted by molar-refractivity contribution is 6.59. The van der Waals surface area contributed by atoms with Crippen LogP contribution in [0.25, 0.3) is 11.1 Å². The highest BCUT2D eigenvalue weighted by Crippen LogP contribution is 2.44. The molecule has 3 rings (SSSR count). The average molecular weight is 392 g/mol. The molecule has 2 aromatic carbocycles. The van der Waals surface area contributed by atoms with E-state index in [1.54, 1.807) is 0 Å². The number of amides is 1. The van der Waals surface area contributed by atoms with Gasteiger partial charge in [0.25, 0.3) is 0 Å². The Balaban J connectivity index is 1.70. The number of nitrogens with one attached hydrogen (secondary N) is 1. The van der Waals surface area contributed by atoms with Crippen LogP contribution in [-0.2, 0) is 14.3 Å². The lowest BCUT2D eigenvalue weighted by Crippen LogP contribution is -2.45. The summed E-state index contributed by atoms with van der Waals surface area (Å²) in [5.41, 5.74) is 4.00. The number of carbonyl (C=O) groups is 2. The number of hydrogen-bond donors (Lipinski definition) is 1. The molecule has 0 fully saturated rings. The van der Waals surface area contributed by atoms with E-state index in [1.807, 2.05) is 53.8 Å². The maximum Gasteiger partial charge on any atom is 0.480 e. The summed E-state index contributed by atoms with van der Waals surface area (Å²) in [6.07, 6.45) is -2.58. The normalized spacial score (nSPS) is 14.0. The number of esters is 1. The second-order valence-corrected chi connectivity index (χ2v) is 6.49. The van der Waals surface area contributed by atoms with E-state index in [0.717, 1.165) is 29.4 Å². The molecule has 0 saturated carbocycles. The lowest BCUT2D eigenvalue weighted by Gasteiger charge is -2.22. The van der Waals surface area contributed by atoms with Gasteiger partial charge in [-0.15, -0.1) is 0 Å². The minimum absolute atomic E-state index is 0.0646. The standard InChI is InChI=1S/C19H18BF3NO4/c1-27-18(25)17(10-20(21,22)23)24-19(26)28-11-16-14-8-4-2-6-12(14)13-7-3-5-9-15(13)16/h2-9,16-17H,10-11H2,1H3,(H,24,26)/q-1. The Bertz CT molecular complexity index is 842. The number of carbonyl (C=O) groups excluding carboxylic acids is 2. The van der Waals surface area contributed by atoms with Crippen LogP contribution in [0.5, 0.6) is 0 Å². The SMILES string of the molecule is COC(=O)C(C[B-](F)(F)F)NC(=O)OCC1c2ccccc2-c2ccccc21. The Labute approximate surface area is 159 Å². The Hall–Kier alpha value is -2.97. The van der Waals surface area contributed by atoms with Gasteiger partial charge in [0, 0.05) is 5.92 Å². The molecule has 1 atom stereocenters. The maximum absolute atomic E-state index is 12.7. The van der Waals surface area contributed by atoms with Gasteiger partial charge in [0.15, 0.2) is 0 Å². The van der Waals surface area contributed by atoms with Gasteiger partial charge in [0.1, 0.15) is 12.6 Å². The molecule has 9 heteroatoms. The third kappa shape index (κ3) is 4.29. The van der Waals surface area contributed by atoms with Crippen LogP contribution in [-0.4, -0.2) is 38.8 Å². The topological polar surface area (TPSA) is 64.6 Å². The first-order chi connectivity index (χ1) is 13.3. The molecule has 28 heavy (non-hydrogen) atoms. The van der Waals surface area contributed by atoms with Gasteiger partial charge < -0.3 is 27.7 Å². The van der Waals surface area contributed by atoms with E-state index in [9.17, 15) is 22.5 Å². The molecular formula is C19H18BF3NO4-. The van der Waals surface area contributed by atoms with Crippen molar-refractivity contribution < 1.29 is 32.0 Å². The molecule has 1 aliphatic carbocycles. The molecular weight excluding hydrogens is 374 g/mol. The van der Waals surface area contributed by atoms with Crippen LogP contribution in [0.15, 0.2) is 48.5 Å². The van der Waals surface area contributed by atoms with E-state index in [0.29, 0.717) is 0 Å². The average Bonchev–Trinajstić information content (AvgIpc) is 2.98. The molecule has 2 aromatic rings. The summed E-state index contributed by atoms with van der Waals surface area (Å²) in [5.74, 6) is -1.41. The highest BCUT2D eigenvalue weighted by Gasteiger charge is 2.34. The first-order valence-corrected chi connectivity index (χ1v) is 8.70. The number of methoxy groups -OCH3 is 1. The van der Waals surface area contributed by atoms with Gasteiger partial charge in [-0.1, -0.05) is 54.9 Å².